The second kappa shape index (κ2) is 9.31. The number of benzene rings is 2. The van der Waals surface area contributed by atoms with Crippen LogP contribution < -0.4 is 9.64 Å². The maximum absolute atomic E-state index is 12.3. The van der Waals surface area contributed by atoms with Crippen LogP contribution in [0.1, 0.15) is 24.8 Å². The number of hydrogen-bond acceptors (Lipinski definition) is 4. The van der Waals surface area contributed by atoms with Crippen molar-refractivity contribution in [2.24, 2.45) is 5.92 Å². The van der Waals surface area contributed by atoms with Crippen LogP contribution in [-0.4, -0.2) is 50.4 Å². The van der Waals surface area contributed by atoms with Gasteiger partial charge in [-0.05, 0) is 74.5 Å². The zero-order valence-electron chi connectivity index (χ0n) is 17.1. The van der Waals surface area contributed by atoms with Crippen molar-refractivity contribution in [2.75, 3.05) is 38.2 Å². The van der Waals surface area contributed by atoms with E-state index in [0.29, 0.717) is 6.54 Å². The molecule has 0 radical (unpaired) electrons. The summed E-state index contributed by atoms with van der Waals surface area (Å²) in [4.78, 5) is 16.5. The Labute approximate surface area is 173 Å². The lowest BCUT2D eigenvalue weighted by molar-refractivity contribution is 0.116. The molecular formula is C24H30N2O3. The van der Waals surface area contributed by atoms with Gasteiger partial charge in [-0.25, -0.2) is 4.79 Å². The smallest absolute Gasteiger partial charge is 0.414 e. The molecule has 0 N–H and O–H groups in total. The Hall–Kier alpha value is -2.53. The summed E-state index contributed by atoms with van der Waals surface area (Å²) in [6, 6.07) is 18.3. The molecule has 0 bridgehead atoms. The topological polar surface area (TPSA) is 42.0 Å². The van der Waals surface area contributed by atoms with Gasteiger partial charge in [0, 0.05) is 12.2 Å². The van der Waals surface area contributed by atoms with Crippen molar-refractivity contribution in [3.8, 4) is 5.75 Å². The molecule has 0 aliphatic carbocycles. The van der Waals surface area contributed by atoms with Crippen LogP contribution in [-0.2, 0) is 11.2 Å². The monoisotopic (exact) mass is 394 g/mol. The van der Waals surface area contributed by atoms with Crippen LogP contribution in [0, 0.1) is 5.92 Å². The van der Waals surface area contributed by atoms with Crippen LogP contribution in [0.15, 0.2) is 54.6 Å². The minimum atomic E-state index is -0.248. The highest BCUT2D eigenvalue weighted by atomic mass is 16.6. The van der Waals surface area contributed by atoms with E-state index in [2.05, 4.69) is 35.2 Å². The lowest BCUT2D eigenvalue weighted by atomic mass is 9.90. The molecule has 2 saturated heterocycles. The number of ether oxygens (including phenoxy) is 2. The number of amides is 1. The van der Waals surface area contributed by atoms with E-state index >= 15 is 0 Å². The first kappa shape index (κ1) is 19.8. The lowest BCUT2D eigenvalue weighted by Gasteiger charge is -2.32. The second-order valence-corrected chi connectivity index (χ2v) is 8.08. The molecule has 0 saturated carbocycles. The number of cyclic esters (lactones) is 1. The third kappa shape index (κ3) is 5.10. The molecule has 1 unspecified atom stereocenters. The van der Waals surface area contributed by atoms with Crippen molar-refractivity contribution in [1.82, 2.24) is 4.90 Å². The summed E-state index contributed by atoms with van der Waals surface area (Å²) in [5.41, 5.74) is 2.31. The first-order valence-electron chi connectivity index (χ1n) is 10.6. The van der Waals surface area contributed by atoms with E-state index in [9.17, 15) is 4.79 Å². The quantitative estimate of drug-likeness (QED) is 0.700. The van der Waals surface area contributed by atoms with E-state index in [1.165, 1.54) is 24.8 Å². The number of piperidine rings is 1. The maximum atomic E-state index is 12.3. The van der Waals surface area contributed by atoms with E-state index in [1.807, 2.05) is 24.3 Å². The van der Waals surface area contributed by atoms with Gasteiger partial charge in [0.2, 0.25) is 0 Å². The fraction of sp³-hybridized carbons (Fsp3) is 0.458. The summed E-state index contributed by atoms with van der Waals surface area (Å²) in [6.45, 7) is 3.89. The molecule has 29 heavy (non-hydrogen) atoms. The minimum Gasteiger partial charge on any atom is -0.497 e. The van der Waals surface area contributed by atoms with E-state index in [-0.39, 0.29) is 12.2 Å². The minimum absolute atomic E-state index is 0.0355. The van der Waals surface area contributed by atoms with E-state index in [0.717, 1.165) is 43.4 Å². The van der Waals surface area contributed by atoms with E-state index < -0.39 is 0 Å². The average molecular weight is 395 g/mol. The highest BCUT2D eigenvalue weighted by Crippen LogP contribution is 2.26. The van der Waals surface area contributed by atoms with E-state index in [1.54, 1.807) is 12.0 Å². The summed E-state index contributed by atoms with van der Waals surface area (Å²) >= 11 is 0. The normalized spacial score (nSPS) is 20.7. The van der Waals surface area contributed by atoms with Gasteiger partial charge in [-0.1, -0.05) is 30.3 Å². The van der Waals surface area contributed by atoms with Crippen molar-refractivity contribution in [3.05, 3.63) is 60.2 Å². The zero-order valence-corrected chi connectivity index (χ0v) is 17.1. The summed E-state index contributed by atoms with van der Waals surface area (Å²) in [6.07, 6.45) is 4.29. The summed E-state index contributed by atoms with van der Waals surface area (Å²) < 4.78 is 10.8. The molecule has 4 rings (SSSR count). The summed E-state index contributed by atoms with van der Waals surface area (Å²) in [7, 11) is 1.64. The Balaban J connectivity index is 1.20. The van der Waals surface area contributed by atoms with Gasteiger partial charge < -0.3 is 14.4 Å². The Kier molecular flexibility index (Phi) is 6.35. The molecule has 1 atom stereocenters. The number of rotatable bonds is 7. The van der Waals surface area contributed by atoms with Gasteiger partial charge in [-0.15, -0.1) is 0 Å². The van der Waals surface area contributed by atoms with Crippen molar-refractivity contribution >= 4 is 11.8 Å². The molecule has 2 aliphatic rings. The van der Waals surface area contributed by atoms with Crippen molar-refractivity contribution < 1.29 is 14.3 Å². The van der Waals surface area contributed by atoms with Crippen LogP contribution in [0.5, 0.6) is 5.75 Å². The van der Waals surface area contributed by atoms with Crippen LogP contribution in [0.2, 0.25) is 0 Å². The molecular weight excluding hydrogens is 364 g/mol. The van der Waals surface area contributed by atoms with Crippen LogP contribution in [0.4, 0.5) is 10.5 Å². The number of nitrogens with zero attached hydrogens (tertiary/aromatic N) is 2. The fourth-order valence-corrected chi connectivity index (χ4v) is 4.33. The number of likely N-dealkylation sites (tertiary alicyclic amines) is 1. The molecule has 2 aromatic carbocycles. The van der Waals surface area contributed by atoms with E-state index in [4.69, 9.17) is 9.47 Å². The second-order valence-electron chi connectivity index (χ2n) is 8.08. The van der Waals surface area contributed by atoms with Gasteiger partial charge in [0.25, 0.3) is 0 Å². The third-order valence-corrected chi connectivity index (χ3v) is 6.10. The third-order valence-electron chi connectivity index (χ3n) is 6.10. The molecule has 0 spiro atoms. The van der Waals surface area contributed by atoms with Crippen LogP contribution in [0.25, 0.3) is 0 Å². The standard InChI is InChI=1S/C24H30N2O3/c1-28-22-9-7-21(8-10-22)26-18-23(29-24(26)27)13-16-25-14-11-20(12-15-25)17-19-5-3-2-4-6-19/h2-10,20,23H,11-18H2,1H3. The molecule has 2 fully saturated rings. The molecule has 0 aromatic heterocycles. The number of carbonyl (C=O) groups excluding carboxylic acids is 1. The first-order chi connectivity index (χ1) is 14.2. The Bertz CT molecular complexity index is 786. The maximum Gasteiger partial charge on any atom is 0.414 e. The lowest BCUT2D eigenvalue weighted by Crippen LogP contribution is -2.36. The zero-order chi connectivity index (χ0) is 20.1. The highest BCUT2D eigenvalue weighted by Gasteiger charge is 2.32. The van der Waals surface area contributed by atoms with Crippen LogP contribution >= 0.6 is 0 Å². The molecule has 2 aromatic rings. The van der Waals surface area contributed by atoms with Crippen molar-refractivity contribution in [3.63, 3.8) is 0 Å². The SMILES string of the molecule is COc1ccc(N2CC(CCN3CCC(Cc4ccccc4)CC3)OC2=O)cc1. The molecule has 2 aliphatic heterocycles. The molecule has 154 valence electrons. The van der Waals surface area contributed by atoms with Crippen molar-refractivity contribution in [2.45, 2.75) is 31.8 Å². The van der Waals surface area contributed by atoms with Gasteiger partial charge in [-0.3, -0.25) is 4.90 Å². The number of carbonyl (C=O) groups is 1. The molecule has 2 heterocycles. The van der Waals surface area contributed by atoms with Gasteiger partial charge in [0.15, 0.2) is 0 Å². The average Bonchev–Trinajstić information content (AvgIpc) is 3.14. The number of methoxy groups -OCH3 is 1. The Morgan fingerprint density at radius 2 is 1.76 bits per heavy atom. The summed E-state index contributed by atoms with van der Waals surface area (Å²) in [5, 5.41) is 0. The van der Waals surface area contributed by atoms with Crippen LogP contribution in [0.3, 0.4) is 0 Å². The molecule has 5 nitrogen and oxygen atoms in total. The van der Waals surface area contributed by atoms with Gasteiger partial charge >= 0.3 is 6.09 Å². The number of anilines is 1. The Morgan fingerprint density at radius 1 is 1.03 bits per heavy atom. The largest absolute Gasteiger partial charge is 0.497 e. The predicted molar refractivity (Wildman–Crippen MR) is 115 cm³/mol. The van der Waals surface area contributed by atoms with Gasteiger partial charge in [0.05, 0.1) is 13.7 Å². The summed E-state index contributed by atoms with van der Waals surface area (Å²) in [5.74, 6) is 1.57. The van der Waals surface area contributed by atoms with Gasteiger partial charge in [-0.2, -0.15) is 0 Å². The molecule has 5 heteroatoms. The first-order valence-corrected chi connectivity index (χ1v) is 10.6. The number of hydrogen-bond donors (Lipinski definition) is 0. The van der Waals surface area contributed by atoms with Gasteiger partial charge in [0.1, 0.15) is 11.9 Å². The Morgan fingerprint density at radius 3 is 2.45 bits per heavy atom. The fourth-order valence-electron chi connectivity index (χ4n) is 4.33. The highest BCUT2D eigenvalue weighted by molar-refractivity contribution is 5.89. The molecule has 1 amide bonds. The van der Waals surface area contributed by atoms with Crippen molar-refractivity contribution in [1.29, 1.82) is 0 Å². The predicted octanol–water partition coefficient (Wildman–Crippen LogP) is 4.37.